The number of ether oxygens (including phenoxy) is 2. The highest BCUT2D eigenvalue weighted by Gasteiger charge is 2.26. The molecule has 2 unspecified atom stereocenters. The zero-order valence-corrected chi connectivity index (χ0v) is 13.5. The van der Waals surface area contributed by atoms with Crippen molar-refractivity contribution in [2.24, 2.45) is 5.92 Å². The van der Waals surface area contributed by atoms with E-state index in [0.29, 0.717) is 13.2 Å². The van der Waals surface area contributed by atoms with Gasteiger partial charge in [-0.05, 0) is 41.8 Å². The summed E-state index contributed by atoms with van der Waals surface area (Å²) in [6, 6.07) is 13.3. The Labute approximate surface area is 140 Å². The first-order chi connectivity index (χ1) is 11.7. The Morgan fingerprint density at radius 1 is 1.17 bits per heavy atom. The fraction of sp³-hybridized carbons (Fsp3) is 0.316. The Hall–Kier alpha value is -2.40. The first kappa shape index (κ1) is 16.5. The Balaban J connectivity index is 1.87. The summed E-state index contributed by atoms with van der Waals surface area (Å²) < 4.78 is 23.7. The van der Waals surface area contributed by atoms with Crippen molar-refractivity contribution in [1.82, 2.24) is 5.32 Å². The van der Waals surface area contributed by atoms with Gasteiger partial charge in [-0.3, -0.25) is 4.79 Å². The van der Waals surface area contributed by atoms with Crippen LogP contribution in [0.5, 0.6) is 5.75 Å². The Bertz CT molecular complexity index is 679. The minimum Gasteiger partial charge on any atom is -0.497 e. The molecule has 0 spiro atoms. The third kappa shape index (κ3) is 3.74. The van der Waals surface area contributed by atoms with Crippen molar-refractivity contribution in [2.45, 2.75) is 12.5 Å². The molecule has 24 heavy (non-hydrogen) atoms. The van der Waals surface area contributed by atoms with Gasteiger partial charge in [-0.25, -0.2) is 4.39 Å². The summed E-state index contributed by atoms with van der Waals surface area (Å²) in [7, 11) is 1.61. The largest absolute Gasteiger partial charge is 0.497 e. The second-order valence-electron chi connectivity index (χ2n) is 5.83. The molecule has 1 N–H and O–H groups in total. The number of amides is 1. The average molecular weight is 329 g/mol. The third-order valence-corrected chi connectivity index (χ3v) is 4.24. The maximum absolute atomic E-state index is 13.2. The molecule has 0 aromatic heterocycles. The Kier molecular flexibility index (Phi) is 5.11. The molecule has 1 aliphatic rings. The van der Waals surface area contributed by atoms with Gasteiger partial charge in [0.05, 0.1) is 25.7 Å². The molecular formula is C19H20FNO3. The minimum absolute atomic E-state index is 0.0438. The topological polar surface area (TPSA) is 47.6 Å². The van der Waals surface area contributed by atoms with E-state index in [1.54, 1.807) is 19.2 Å². The summed E-state index contributed by atoms with van der Waals surface area (Å²) in [5.41, 5.74) is 1.74. The Morgan fingerprint density at radius 3 is 2.33 bits per heavy atom. The lowest BCUT2D eigenvalue weighted by atomic mass is 9.97. The van der Waals surface area contributed by atoms with E-state index in [2.05, 4.69) is 5.32 Å². The number of rotatable bonds is 5. The molecule has 4 nitrogen and oxygen atoms in total. The van der Waals surface area contributed by atoms with E-state index < -0.39 is 0 Å². The number of nitrogens with one attached hydrogen (secondary N) is 1. The van der Waals surface area contributed by atoms with Crippen LogP contribution < -0.4 is 10.1 Å². The molecule has 1 heterocycles. The van der Waals surface area contributed by atoms with Gasteiger partial charge in [0, 0.05) is 6.61 Å². The predicted molar refractivity (Wildman–Crippen MR) is 88.3 cm³/mol. The van der Waals surface area contributed by atoms with Crippen LogP contribution in [0.15, 0.2) is 48.5 Å². The number of methoxy groups -OCH3 is 1. The fourth-order valence-corrected chi connectivity index (χ4v) is 2.81. The van der Waals surface area contributed by atoms with Crippen LogP contribution >= 0.6 is 0 Å². The standard InChI is InChI=1S/C19H20FNO3/c1-23-17-8-4-14(5-9-17)18(13-2-6-16(20)7-3-13)21-19(22)15-10-11-24-12-15/h2-9,15,18H,10-12H2,1H3,(H,21,22). The van der Waals surface area contributed by atoms with Crippen molar-refractivity contribution in [2.75, 3.05) is 20.3 Å². The summed E-state index contributed by atoms with van der Waals surface area (Å²) in [6.07, 6.45) is 0.727. The maximum Gasteiger partial charge on any atom is 0.226 e. The molecule has 5 heteroatoms. The lowest BCUT2D eigenvalue weighted by molar-refractivity contribution is -0.125. The molecule has 2 aromatic rings. The SMILES string of the molecule is COc1ccc(C(NC(=O)C2CCOC2)c2ccc(F)cc2)cc1. The van der Waals surface area contributed by atoms with Gasteiger partial charge in [-0.2, -0.15) is 0 Å². The molecule has 3 rings (SSSR count). The van der Waals surface area contributed by atoms with Gasteiger partial charge in [0.25, 0.3) is 0 Å². The normalized spacial score (nSPS) is 18.2. The van der Waals surface area contributed by atoms with Crippen molar-refractivity contribution in [3.05, 3.63) is 65.5 Å². The van der Waals surface area contributed by atoms with Crippen molar-refractivity contribution in [3.8, 4) is 5.75 Å². The van der Waals surface area contributed by atoms with Gasteiger partial charge >= 0.3 is 0 Å². The van der Waals surface area contributed by atoms with E-state index >= 15 is 0 Å². The highest BCUT2D eigenvalue weighted by atomic mass is 19.1. The zero-order chi connectivity index (χ0) is 16.9. The molecule has 0 bridgehead atoms. The maximum atomic E-state index is 13.2. The quantitative estimate of drug-likeness (QED) is 0.917. The van der Waals surface area contributed by atoms with E-state index in [4.69, 9.17) is 9.47 Å². The van der Waals surface area contributed by atoms with E-state index in [1.807, 2.05) is 24.3 Å². The number of hydrogen-bond donors (Lipinski definition) is 1. The fourth-order valence-electron chi connectivity index (χ4n) is 2.81. The number of benzene rings is 2. The van der Waals surface area contributed by atoms with E-state index in [-0.39, 0.29) is 23.7 Å². The summed E-state index contributed by atoms with van der Waals surface area (Å²) >= 11 is 0. The van der Waals surface area contributed by atoms with Crippen LogP contribution in [-0.4, -0.2) is 26.2 Å². The molecule has 1 fully saturated rings. The summed E-state index contributed by atoms with van der Waals surface area (Å²) in [5, 5.41) is 3.07. The van der Waals surface area contributed by atoms with Gasteiger partial charge in [0.2, 0.25) is 5.91 Å². The lowest BCUT2D eigenvalue weighted by Crippen LogP contribution is -2.34. The number of halogens is 1. The lowest BCUT2D eigenvalue weighted by Gasteiger charge is -2.22. The molecule has 126 valence electrons. The van der Waals surface area contributed by atoms with Crippen LogP contribution in [0.4, 0.5) is 4.39 Å². The van der Waals surface area contributed by atoms with Gasteiger partial charge in [-0.1, -0.05) is 24.3 Å². The smallest absolute Gasteiger partial charge is 0.226 e. The molecular weight excluding hydrogens is 309 g/mol. The van der Waals surface area contributed by atoms with Crippen LogP contribution in [0.3, 0.4) is 0 Å². The van der Waals surface area contributed by atoms with Crippen molar-refractivity contribution >= 4 is 5.91 Å². The second kappa shape index (κ2) is 7.45. The van der Waals surface area contributed by atoms with Crippen LogP contribution in [-0.2, 0) is 9.53 Å². The van der Waals surface area contributed by atoms with E-state index in [0.717, 1.165) is 23.3 Å². The first-order valence-electron chi connectivity index (χ1n) is 7.95. The van der Waals surface area contributed by atoms with Crippen LogP contribution in [0.1, 0.15) is 23.6 Å². The van der Waals surface area contributed by atoms with Crippen LogP contribution in [0.25, 0.3) is 0 Å². The van der Waals surface area contributed by atoms with E-state index in [1.165, 1.54) is 12.1 Å². The number of carbonyl (C=O) groups is 1. The molecule has 0 aliphatic carbocycles. The first-order valence-corrected chi connectivity index (χ1v) is 7.95. The van der Waals surface area contributed by atoms with Crippen LogP contribution in [0, 0.1) is 11.7 Å². The average Bonchev–Trinajstić information content (AvgIpc) is 3.15. The highest BCUT2D eigenvalue weighted by Crippen LogP contribution is 2.25. The van der Waals surface area contributed by atoms with Gasteiger partial charge < -0.3 is 14.8 Å². The van der Waals surface area contributed by atoms with Crippen molar-refractivity contribution in [1.29, 1.82) is 0 Å². The second-order valence-corrected chi connectivity index (χ2v) is 5.83. The summed E-state index contributed by atoms with van der Waals surface area (Å²) in [6.45, 7) is 1.06. The predicted octanol–water partition coefficient (Wildman–Crippen LogP) is 3.08. The third-order valence-electron chi connectivity index (χ3n) is 4.24. The van der Waals surface area contributed by atoms with Gasteiger partial charge in [0.1, 0.15) is 11.6 Å². The molecule has 1 saturated heterocycles. The summed E-state index contributed by atoms with van der Waals surface area (Å²) in [4.78, 5) is 12.5. The molecule has 0 radical (unpaired) electrons. The van der Waals surface area contributed by atoms with Crippen molar-refractivity contribution in [3.63, 3.8) is 0 Å². The Morgan fingerprint density at radius 2 is 1.79 bits per heavy atom. The molecule has 2 aromatic carbocycles. The zero-order valence-electron chi connectivity index (χ0n) is 13.5. The minimum atomic E-state index is -0.343. The summed E-state index contributed by atoms with van der Waals surface area (Å²) in [5.74, 6) is 0.263. The van der Waals surface area contributed by atoms with E-state index in [9.17, 15) is 9.18 Å². The molecule has 0 saturated carbocycles. The van der Waals surface area contributed by atoms with Gasteiger partial charge in [0.15, 0.2) is 0 Å². The van der Waals surface area contributed by atoms with Crippen molar-refractivity contribution < 1.29 is 18.7 Å². The highest BCUT2D eigenvalue weighted by molar-refractivity contribution is 5.80. The molecule has 2 atom stereocenters. The van der Waals surface area contributed by atoms with Crippen LogP contribution in [0.2, 0.25) is 0 Å². The molecule has 1 amide bonds. The van der Waals surface area contributed by atoms with Gasteiger partial charge in [-0.15, -0.1) is 0 Å². The number of carbonyl (C=O) groups excluding carboxylic acids is 1. The number of hydrogen-bond acceptors (Lipinski definition) is 3. The monoisotopic (exact) mass is 329 g/mol. The molecule has 1 aliphatic heterocycles.